The van der Waals surface area contributed by atoms with E-state index in [9.17, 15) is 10.1 Å². The van der Waals surface area contributed by atoms with Gasteiger partial charge in [0.25, 0.3) is 5.91 Å². The van der Waals surface area contributed by atoms with E-state index in [0.717, 1.165) is 30.4 Å². The van der Waals surface area contributed by atoms with E-state index in [1.807, 2.05) is 55.6 Å². The molecule has 0 saturated carbocycles. The van der Waals surface area contributed by atoms with E-state index in [2.05, 4.69) is 41.2 Å². The van der Waals surface area contributed by atoms with Gasteiger partial charge in [0.2, 0.25) is 0 Å². The summed E-state index contributed by atoms with van der Waals surface area (Å²) in [5.41, 5.74) is 10.9. The Hall–Kier alpha value is -3.46. The average molecular weight is 425 g/mol. The maximum Gasteiger partial charge on any atom is 0.254 e. The van der Waals surface area contributed by atoms with Gasteiger partial charge >= 0.3 is 0 Å². The lowest BCUT2D eigenvalue weighted by atomic mass is 9.95. The molecule has 2 unspecified atom stereocenters. The van der Waals surface area contributed by atoms with Crippen molar-refractivity contribution in [2.75, 3.05) is 13.6 Å². The summed E-state index contributed by atoms with van der Waals surface area (Å²) in [4.78, 5) is 15.0. The van der Waals surface area contributed by atoms with Crippen molar-refractivity contribution < 1.29 is 4.79 Å². The van der Waals surface area contributed by atoms with E-state index in [-0.39, 0.29) is 5.91 Å². The molecular formula is C27H28N4O. The highest BCUT2D eigenvalue weighted by Gasteiger charge is 2.25. The second-order valence-electron chi connectivity index (χ2n) is 8.26. The molecule has 4 rings (SSSR count). The van der Waals surface area contributed by atoms with Gasteiger partial charge in [-0.25, -0.2) is 0 Å². The first-order chi connectivity index (χ1) is 15.7. The molecule has 0 aliphatic carbocycles. The van der Waals surface area contributed by atoms with Crippen molar-refractivity contribution in [3.8, 4) is 17.2 Å². The molecule has 0 radical (unpaired) electrons. The van der Waals surface area contributed by atoms with E-state index in [1.54, 1.807) is 11.0 Å². The quantitative estimate of drug-likeness (QED) is 0.578. The summed E-state index contributed by atoms with van der Waals surface area (Å²) < 4.78 is 0. The third-order valence-corrected chi connectivity index (χ3v) is 6.07. The maximum absolute atomic E-state index is 13.2. The van der Waals surface area contributed by atoms with Gasteiger partial charge in [-0.3, -0.25) is 15.6 Å². The first kappa shape index (κ1) is 21.8. The summed E-state index contributed by atoms with van der Waals surface area (Å²) in [7, 11) is 1.85. The molecule has 5 heteroatoms. The summed E-state index contributed by atoms with van der Waals surface area (Å²) in [6.07, 6.45) is 2.95. The molecule has 3 aromatic carbocycles. The summed E-state index contributed by atoms with van der Waals surface area (Å²) in [5.74, 6) is -0.0204. The van der Waals surface area contributed by atoms with Gasteiger partial charge in [-0.05, 0) is 42.5 Å². The lowest BCUT2D eigenvalue weighted by Gasteiger charge is -2.20. The van der Waals surface area contributed by atoms with Crippen LogP contribution in [0.25, 0.3) is 11.1 Å². The predicted octanol–water partition coefficient (Wildman–Crippen LogP) is 4.69. The second kappa shape index (κ2) is 10.2. The van der Waals surface area contributed by atoms with E-state index in [4.69, 9.17) is 0 Å². The van der Waals surface area contributed by atoms with Crippen molar-refractivity contribution in [1.29, 1.82) is 5.26 Å². The van der Waals surface area contributed by atoms with Crippen LogP contribution in [0.2, 0.25) is 0 Å². The number of carbonyl (C=O) groups excluding carboxylic acids is 1. The lowest BCUT2D eigenvalue weighted by molar-refractivity contribution is 0.0792. The number of amides is 1. The molecule has 1 aliphatic heterocycles. The van der Waals surface area contributed by atoms with Crippen molar-refractivity contribution >= 4 is 5.91 Å². The third-order valence-electron chi connectivity index (χ3n) is 6.07. The van der Waals surface area contributed by atoms with Crippen LogP contribution in [0.1, 0.15) is 46.8 Å². The summed E-state index contributed by atoms with van der Waals surface area (Å²) >= 11 is 0. The van der Waals surface area contributed by atoms with Crippen molar-refractivity contribution in [2.24, 2.45) is 0 Å². The first-order valence-electron chi connectivity index (χ1n) is 11.1. The molecular weight excluding hydrogens is 396 g/mol. The molecule has 1 aliphatic rings. The van der Waals surface area contributed by atoms with E-state index in [0.29, 0.717) is 29.8 Å². The number of hydrogen-bond donors (Lipinski definition) is 2. The van der Waals surface area contributed by atoms with Crippen LogP contribution in [0.5, 0.6) is 0 Å². The number of carbonyl (C=O) groups is 1. The Kier molecular flexibility index (Phi) is 6.96. The summed E-state index contributed by atoms with van der Waals surface area (Å²) in [6, 6.07) is 28.4. The normalized spacial score (nSPS) is 17.6. The molecule has 0 aromatic heterocycles. The largest absolute Gasteiger partial charge is 0.342 e. The van der Waals surface area contributed by atoms with Crippen LogP contribution in [0.15, 0.2) is 78.9 Å². The molecule has 2 atom stereocenters. The van der Waals surface area contributed by atoms with Gasteiger partial charge in [0, 0.05) is 36.8 Å². The molecule has 0 spiro atoms. The monoisotopic (exact) mass is 424 g/mol. The molecule has 2 N–H and O–H groups in total. The number of nitrogens with zero attached hydrogens (tertiary/aromatic N) is 2. The summed E-state index contributed by atoms with van der Waals surface area (Å²) in [6.45, 7) is 0.682. The van der Waals surface area contributed by atoms with Gasteiger partial charge in [-0.1, -0.05) is 66.7 Å². The minimum atomic E-state index is -0.0204. The Morgan fingerprint density at radius 3 is 2.44 bits per heavy atom. The molecule has 1 heterocycles. The van der Waals surface area contributed by atoms with Gasteiger partial charge in [-0.15, -0.1) is 0 Å². The first-order valence-corrected chi connectivity index (χ1v) is 11.1. The number of nitrogens with one attached hydrogen (secondary N) is 2. The predicted molar refractivity (Wildman–Crippen MR) is 127 cm³/mol. The maximum atomic E-state index is 13.2. The van der Waals surface area contributed by atoms with E-state index < -0.39 is 0 Å². The number of hydrogen-bond acceptors (Lipinski definition) is 4. The van der Waals surface area contributed by atoms with Crippen LogP contribution >= 0.6 is 0 Å². The van der Waals surface area contributed by atoms with Gasteiger partial charge in [0.1, 0.15) is 0 Å². The molecule has 32 heavy (non-hydrogen) atoms. The van der Waals surface area contributed by atoms with Gasteiger partial charge in [-0.2, -0.15) is 5.26 Å². The van der Waals surface area contributed by atoms with Crippen molar-refractivity contribution in [1.82, 2.24) is 15.8 Å². The van der Waals surface area contributed by atoms with Gasteiger partial charge < -0.3 is 4.90 Å². The molecule has 5 nitrogen and oxygen atoms in total. The Labute approximate surface area is 189 Å². The third kappa shape index (κ3) is 4.88. The fourth-order valence-electron chi connectivity index (χ4n) is 4.32. The summed E-state index contributed by atoms with van der Waals surface area (Å²) in [5, 5.41) is 9.47. The molecule has 1 saturated heterocycles. The molecule has 1 amide bonds. The van der Waals surface area contributed by atoms with Crippen molar-refractivity contribution in [3.05, 3.63) is 95.6 Å². The molecule has 1 fully saturated rings. The van der Waals surface area contributed by atoms with Crippen LogP contribution in [0.4, 0.5) is 0 Å². The number of rotatable bonds is 7. The van der Waals surface area contributed by atoms with Gasteiger partial charge in [0.05, 0.1) is 11.6 Å². The topological polar surface area (TPSA) is 68.2 Å². The zero-order valence-corrected chi connectivity index (χ0v) is 18.3. The van der Waals surface area contributed by atoms with Crippen LogP contribution in [0.3, 0.4) is 0 Å². The molecule has 0 bridgehead atoms. The van der Waals surface area contributed by atoms with Crippen molar-refractivity contribution in [2.45, 2.75) is 31.3 Å². The zero-order chi connectivity index (χ0) is 22.3. The Balaban J connectivity index is 1.36. The smallest absolute Gasteiger partial charge is 0.254 e. The number of hydrazine groups is 1. The Morgan fingerprint density at radius 1 is 0.969 bits per heavy atom. The number of nitriles is 1. The van der Waals surface area contributed by atoms with Crippen molar-refractivity contribution in [3.63, 3.8) is 0 Å². The highest BCUT2D eigenvalue weighted by molar-refractivity contribution is 6.01. The van der Waals surface area contributed by atoms with Crippen LogP contribution < -0.4 is 10.9 Å². The standard InChI is InChI=1S/C27H28N4O/c1-31(17-9-13-22-18-26(30-29-22)20-10-3-2-4-11-20)27(32)25-16-8-7-15-24(25)23-14-6-5-12-21(23)19-28/h2-8,10-12,14-16,22,26,29-30H,9,13,17-18H2,1H3. The number of benzene rings is 3. The average Bonchev–Trinajstić information content (AvgIpc) is 3.33. The second-order valence-corrected chi connectivity index (χ2v) is 8.26. The Morgan fingerprint density at radius 2 is 1.66 bits per heavy atom. The fraction of sp³-hybridized carbons (Fsp3) is 0.259. The lowest BCUT2D eigenvalue weighted by Crippen LogP contribution is -2.32. The zero-order valence-electron chi connectivity index (χ0n) is 18.3. The minimum absolute atomic E-state index is 0.0204. The highest BCUT2D eigenvalue weighted by Crippen LogP contribution is 2.28. The van der Waals surface area contributed by atoms with Crippen LogP contribution in [-0.2, 0) is 0 Å². The highest BCUT2D eigenvalue weighted by atomic mass is 16.2. The molecule has 3 aromatic rings. The fourth-order valence-corrected chi connectivity index (χ4v) is 4.32. The van der Waals surface area contributed by atoms with Crippen LogP contribution in [0, 0.1) is 11.3 Å². The SMILES string of the molecule is CN(CCCC1CC(c2ccccc2)NN1)C(=O)c1ccccc1-c1ccccc1C#N. The van der Waals surface area contributed by atoms with Gasteiger partial charge in [0.15, 0.2) is 0 Å². The minimum Gasteiger partial charge on any atom is -0.342 e. The van der Waals surface area contributed by atoms with E-state index >= 15 is 0 Å². The van der Waals surface area contributed by atoms with Crippen LogP contribution in [-0.4, -0.2) is 30.4 Å². The van der Waals surface area contributed by atoms with E-state index in [1.165, 1.54) is 5.56 Å². The molecule has 162 valence electrons. The Bertz CT molecular complexity index is 1110.